The number of halogens is 1. The van der Waals surface area contributed by atoms with E-state index in [9.17, 15) is 4.79 Å². The van der Waals surface area contributed by atoms with E-state index >= 15 is 0 Å². The first kappa shape index (κ1) is 15.8. The molecule has 0 radical (unpaired) electrons. The minimum atomic E-state index is 0. The van der Waals surface area contributed by atoms with Gasteiger partial charge in [-0.05, 0) is 36.4 Å². The van der Waals surface area contributed by atoms with Gasteiger partial charge in [0.15, 0.2) is 0 Å². The van der Waals surface area contributed by atoms with Crippen LogP contribution < -0.4 is 5.73 Å². The second-order valence-electron chi connectivity index (χ2n) is 5.09. The highest BCUT2D eigenvalue weighted by Crippen LogP contribution is 2.29. The van der Waals surface area contributed by atoms with E-state index in [1.165, 1.54) is 4.88 Å². The van der Waals surface area contributed by atoms with E-state index in [-0.39, 0.29) is 18.3 Å². The summed E-state index contributed by atoms with van der Waals surface area (Å²) in [4.78, 5) is 19.9. The molecule has 1 aliphatic rings. The normalized spacial score (nSPS) is 13.5. The Labute approximate surface area is 134 Å². The Morgan fingerprint density at radius 2 is 2.19 bits per heavy atom. The fraction of sp³-hybridized carbons (Fsp3) is 0.333. The molecule has 2 aromatic rings. The molecule has 2 heterocycles. The summed E-state index contributed by atoms with van der Waals surface area (Å²) in [7, 11) is 0. The van der Waals surface area contributed by atoms with Crippen molar-refractivity contribution in [2.45, 2.75) is 31.8 Å². The molecule has 0 saturated heterocycles. The van der Waals surface area contributed by atoms with Crippen molar-refractivity contribution >= 4 is 35.3 Å². The highest BCUT2D eigenvalue weighted by molar-refractivity contribution is 7.09. The summed E-state index contributed by atoms with van der Waals surface area (Å²) in [6, 6.07) is 8.13. The molecule has 4 nitrogen and oxygen atoms in total. The summed E-state index contributed by atoms with van der Waals surface area (Å²) < 4.78 is 0. The number of nitrogens with zero attached hydrogens (tertiary/aromatic N) is 2. The highest BCUT2D eigenvalue weighted by Gasteiger charge is 2.32. The van der Waals surface area contributed by atoms with E-state index in [4.69, 9.17) is 5.73 Å². The minimum absolute atomic E-state index is 0. The second kappa shape index (κ2) is 6.91. The highest BCUT2D eigenvalue weighted by atomic mass is 35.5. The zero-order chi connectivity index (χ0) is 13.9. The van der Waals surface area contributed by atoms with Crippen LogP contribution in [0.3, 0.4) is 0 Å². The summed E-state index contributed by atoms with van der Waals surface area (Å²) in [5.74, 6) is 0.151. The van der Waals surface area contributed by atoms with Crippen molar-refractivity contribution in [3.63, 3.8) is 0 Å². The number of nitrogens with two attached hydrogens (primary N) is 1. The molecule has 0 atom stereocenters. The molecule has 0 aromatic carbocycles. The van der Waals surface area contributed by atoms with Crippen molar-refractivity contribution in [2.75, 3.05) is 5.73 Å². The second-order valence-corrected chi connectivity index (χ2v) is 6.12. The maximum Gasteiger partial charge on any atom is 0.229 e. The third kappa shape index (κ3) is 4.19. The molecule has 3 rings (SSSR count). The van der Waals surface area contributed by atoms with E-state index < -0.39 is 0 Å². The quantitative estimate of drug-likeness (QED) is 0.920. The van der Waals surface area contributed by atoms with Crippen LogP contribution in [0.25, 0.3) is 0 Å². The molecular formula is C15H18ClN3OS. The van der Waals surface area contributed by atoms with Gasteiger partial charge in [0.2, 0.25) is 5.91 Å². The van der Waals surface area contributed by atoms with Gasteiger partial charge >= 0.3 is 0 Å². The Morgan fingerprint density at radius 3 is 2.76 bits per heavy atom. The van der Waals surface area contributed by atoms with Gasteiger partial charge in [-0.1, -0.05) is 6.07 Å². The van der Waals surface area contributed by atoms with Gasteiger partial charge in [0.25, 0.3) is 0 Å². The number of hydrogen-bond donors (Lipinski definition) is 1. The number of nitrogen functional groups attached to an aromatic ring is 1. The molecule has 1 amide bonds. The van der Waals surface area contributed by atoms with Crippen LogP contribution in [-0.4, -0.2) is 21.8 Å². The predicted octanol–water partition coefficient (Wildman–Crippen LogP) is 2.88. The van der Waals surface area contributed by atoms with E-state index in [1.54, 1.807) is 23.6 Å². The van der Waals surface area contributed by atoms with Gasteiger partial charge in [-0.3, -0.25) is 9.78 Å². The van der Waals surface area contributed by atoms with Crippen LogP contribution in [0.5, 0.6) is 0 Å². The first-order valence-electron chi connectivity index (χ1n) is 6.74. The zero-order valence-electron chi connectivity index (χ0n) is 11.6. The third-order valence-electron chi connectivity index (χ3n) is 3.39. The van der Waals surface area contributed by atoms with Crippen LogP contribution in [0.4, 0.5) is 5.69 Å². The number of amides is 1. The lowest BCUT2D eigenvalue weighted by Gasteiger charge is -2.21. The van der Waals surface area contributed by atoms with Gasteiger partial charge in [-0.25, -0.2) is 0 Å². The van der Waals surface area contributed by atoms with Crippen LogP contribution >= 0.6 is 23.7 Å². The number of aromatic nitrogens is 1. The summed E-state index contributed by atoms with van der Waals surface area (Å²) in [5.41, 5.74) is 7.01. The molecule has 6 heteroatoms. The van der Waals surface area contributed by atoms with Gasteiger partial charge in [0.05, 0.1) is 24.8 Å². The van der Waals surface area contributed by atoms with Crippen LogP contribution in [0.1, 0.15) is 23.4 Å². The van der Waals surface area contributed by atoms with Crippen molar-refractivity contribution in [1.29, 1.82) is 0 Å². The van der Waals surface area contributed by atoms with Gasteiger partial charge in [-0.2, -0.15) is 0 Å². The molecule has 21 heavy (non-hydrogen) atoms. The lowest BCUT2D eigenvalue weighted by atomic mass is 10.2. The fourth-order valence-electron chi connectivity index (χ4n) is 2.17. The van der Waals surface area contributed by atoms with Crippen molar-refractivity contribution in [3.8, 4) is 0 Å². The largest absolute Gasteiger partial charge is 0.397 e. The average molecular weight is 324 g/mol. The number of carbonyl (C=O) groups excluding carboxylic acids is 1. The van der Waals surface area contributed by atoms with Crippen molar-refractivity contribution in [2.24, 2.45) is 0 Å². The third-order valence-corrected chi connectivity index (χ3v) is 4.26. The Kier molecular flexibility index (Phi) is 5.20. The molecule has 0 unspecified atom stereocenters. The van der Waals surface area contributed by atoms with E-state index in [2.05, 4.69) is 11.1 Å². The van der Waals surface area contributed by atoms with Crippen LogP contribution in [0.2, 0.25) is 0 Å². The average Bonchev–Trinajstić information content (AvgIpc) is 3.15. The Bertz CT molecular complexity index is 581. The fourth-order valence-corrected chi connectivity index (χ4v) is 2.88. The number of anilines is 1. The zero-order valence-corrected chi connectivity index (χ0v) is 13.2. The van der Waals surface area contributed by atoms with E-state index in [0.717, 1.165) is 25.1 Å². The van der Waals surface area contributed by atoms with Crippen LogP contribution in [0.15, 0.2) is 35.8 Å². The molecule has 0 spiro atoms. The topological polar surface area (TPSA) is 59.2 Å². The number of thiophene rings is 1. The molecule has 0 bridgehead atoms. The van der Waals surface area contributed by atoms with Crippen molar-refractivity contribution < 1.29 is 4.79 Å². The summed E-state index contributed by atoms with van der Waals surface area (Å²) in [6.07, 6.45) is 4.18. The molecule has 2 aromatic heterocycles. The van der Waals surface area contributed by atoms with Crippen LogP contribution in [0, 0.1) is 0 Å². The number of carbonyl (C=O) groups is 1. The maximum atomic E-state index is 12.5. The van der Waals surface area contributed by atoms with Gasteiger partial charge < -0.3 is 10.6 Å². The minimum Gasteiger partial charge on any atom is -0.397 e. The first-order chi connectivity index (χ1) is 9.72. The Hall–Kier alpha value is -1.59. The Morgan fingerprint density at radius 1 is 1.38 bits per heavy atom. The lowest BCUT2D eigenvalue weighted by Crippen LogP contribution is -2.33. The van der Waals surface area contributed by atoms with Gasteiger partial charge in [0, 0.05) is 16.6 Å². The monoisotopic (exact) mass is 323 g/mol. The SMILES string of the molecule is Cl.Nc1ccc(CC(=O)N(Cc2cccs2)C2CC2)nc1. The summed E-state index contributed by atoms with van der Waals surface area (Å²) in [5, 5.41) is 2.05. The number of rotatable bonds is 5. The number of pyridine rings is 1. The predicted molar refractivity (Wildman–Crippen MR) is 87.5 cm³/mol. The van der Waals surface area contributed by atoms with Gasteiger partial charge in [-0.15, -0.1) is 23.7 Å². The van der Waals surface area contributed by atoms with Gasteiger partial charge in [0.1, 0.15) is 0 Å². The van der Waals surface area contributed by atoms with E-state index in [1.807, 2.05) is 22.4 Å². The molecule has 2 N–H and O–H groups in total. The maximum absolute atomic E-state index is 12.5. The summed E-state index contributed by atoms with van der Waals surface area (Å²) in [6.45, 7) is 0.718. The molecule has 1 fully saturated rings. The van der Waals surface area contributed by atoms with Crippen molar-refractivity contribution in [1.82, 2.24) is 9.88 Å². The lowest BCUT2D eigenvalue weighted by molar-refractivity contribution is -0.131. The molecule has 1 saturated carbocycles. The smallest absolute Gasteiger partial charge is 0.229 e. The van der Waals surface area contributed by atoms with Crippen LogP contribution in [-0.2, 0) is 17.8 Å². The molecule has 112 valence electrons. The molecule has 1 aliphatic carbocycles. The first-order valence-corrected chi connectivity index (χ1v) is 7.62. The van der Waals surface area contributed by atoms with Crippen molar-refractivity contribution in [3.05, 3.63) is 46.4 Å². The summed E-state index contributed by atoms with van der Waals surface area (Å²) >= 11 is 1.70. The molecule has 0 aliphatic heterocycles. The van der Waals surface area contributed by atoms with E-state index in [0.29, 0.717) is 18.2 Å². The molecular weight excluding hydrogens is 306 g/mol. The number of hydrogen-bond acceptors (Lipinski definition) is 4. The standard InChI is InChI=1S/C15H17N3OS.ClH/c16-11-3-4-12(17-9-11)8-15(19)18(13-5-6-13)10-14-2-1-7-20-14;/h1-4,7,9,13H,5-6,8,10,16H2;1H. The Balaban J connectivity index is 0.00000161.